The van der Waals surface area contributed by atoms with Gasteiger partial charge in [-0.25, -0.2) is 0 Å². The summed E-state index contributed by atoms with van der Waals surface area (Å²) in [6.07, 6.45) is 3.06. The molecule has 0 bridgehead atoms. The predicted octanol–water partition coefficient (Wildman–Crippen LogP) is 2.05. The van der Waals surface area contributed by atoms with Crippen LogP contribution < -0.4 is 0 Å². The Morgan fingerprint density at radius 1 is 1.50 bits per heavy atom. The van der Waals surface area contributed by atoms with E-state index >= 15 is 0 Å². The number of alkyl halides is 1. The molecule has 1 rings (SSSR count). The molecule has 0 N–H and O–H groups in total. The molecular weight excluding hydrogens is 234 g/mol. The molecule has 1 aromatic heterocycles. The molecule has 0 fully saturated rings. The lowest BCUT2D eigenvalue weighted by Crippen LogP contribution is -2.28. The normalized spacial score (nSPS) is 12.0. The Bertz CT molecular complexity index is 253. The fourth-order valence-corrected chi connectivity index (χ4v) is 2.35. The summed E-state index contributed by atoms with van der Waals surface area (Å²) in [5.74, 6) is 0. The third-order valence-corrected chi connectivity index (χ3v) is 3.21. The van der Waals surface area contributed by atoms with Crippen LogP contribution in [-0.4, -0.2) is 23.1 Å². The van der Waals surface area contributed by atoms with Crippen LogP contribution in [0.15, 0.2) is 6.20 Å². The molecule has 0 aliphatic rings. The van der Waals surface area contributed by atoms with Crippen LogP contribution >= 0.6 is 15.9 Å². The van der Waals surface area contributed by atoms with E-state index in [2.05, 4.69) is 45.9 Å². The monoisotopic (exact) mass is 247 g/mol. The average Bonchev–Trinajstić information content (AvgIpc) is 2.32. The van der Waals surface area contributed by atoms with E-state index in [1.165, 1.54) is 0 Å². The van der Waals surface area contributed by atoms with Gasteiger partial charge in [0.2, 0.25) is 0 Å². The molecule has 1 aromatic rings. The first kappa shape index (κ1) is 9.92. The second-order valence-electron chi connectivity index (χ2n) is 4.10. The van der Waals surface area contributed by atoms with Crippen molar-refractivity contribution in [3.63, 3.8) is 0 Å². The smallest absolute Gasteiger partial charge is 0.0932 e. The van der Waals surface area contributed by atoms with Crippen molar-refractivity contribution >= 4 is 24.0 Å². The molecular formula is C7H14BrN3Si. The van der Waals surface area contributed by atoms with Crippen LogP contribution in [0.25, 0.3) is 0 Å². The molecule has 12 heavy (non-hydrogen) atoms. The van der Waals surface area contributed by atoms with Gasteiger partial charge in [0.15, 0.2) is 0 Å². The highest BCUT2D eigenvalue weighted by molar-refractivity contribution is 9.08. The summed E-state index contributed by atoms with van der Waals surface area (Å²) in [4.78, 5) is 0. The van der Waals surface area contributed by atoms with Crippen LogP contribution in [0.5, 0.6) is 0 Å². The van der Waals surface area contributed by atoms with Crippen molar-refractivity contribution in [1.29, 1.82) is 0 Å². The third-order valence-electron chi connectivity index (χ3n) is 1.36. The van der Waals surface area contributed by atoms with Crippen molar-refractivity contribution in [2.75, 3.05) is 0 Å². The van der Waals surface area contributed by atoms with Gasteiger partial charge in [0.05, 0.1) is 13.8 Å². The molecule has 1 heterocycles. The second-order valence-corrected chi connectivity index (χ2v) is 10.1. The third kappa shape index (κ3) is 3.06. The van der Waals surface area contributed by atoms with E-state index in [1.807, 2.05) is 10.9 Å². The summed E-state index contributed by atoms with van der Waals surface area (Å²) < 4.78 is 1.95. The Morgan fingerprint density at radius 2 is 2.17 bits per heavy atom. The highest BCUT2D eigenvalue weighted by Gasteiger charge is 2.14. The van der Waals surface area contributed by atoms with Gasteiger partial charge in [-0.15, -0.1) is 5.10 Å². The molecule has 0 aliphatic heterocycles. The molecule has 0 aliphatic carbocycles. The van der Waals surface area contributed by atoms with Crippen molar-refractivity contribution in [3.05, 3.63) is 11.9 Å². The van der Waals surface area contributed by atoms with E-state index in [-0.39, 0.29) is 0 Å². The van der Waals surface area contributed by atoms with Gasteiger partial charge in [-0.2, -0.15) is 0 Å². The molecule has 0 radical (unpaired) electrons. The molecule has 5 heteroatoms. The zero-order valence-electron chi connectivity index (χ0n) is 7.71. The second kappa shape index (κ2) is 3.70. The van der Waals surface area contributed by atoms with E-state index in [9.17, 15) is 0 Å². The molecule has 3 nitrogen and oxygen atoms in total. The van der Waals surface area contributed by atoms with Gasteiger partial charge in [-0.05, 0) is 0 Å². The van der Waals surface area contributed by atoms with E-state index < -0.39 is 8.07 Å². The maximum atomic E-state index is 4.04. The van der Waals surface area contributed by atoms with Gasteiger partial charge in [0.25, 0.3) is 0 Å². The number of hydrogen-bond donors (Lipinski definition) is 0. The Morgan fingerprint density at radius 3 is 2.58 bits per heavy atom. The van der Waals surface area contributed by atoms with Crippen LogP contribution in [-0.2, 0) is 11.5 Å². The number of halogens is 1. The van der Waals surface area contributed by atoms with Crippen molar-refractivity contribution in [2.24, 2.45) is 0 Å². The Kier molecular flexibility index (Phi) is 3.06. The predicted molar refractivity (Wildman–Crippen MR) is 56.0 cm³/mol. The summed E-state index contributed by atoms with van der Waals surface area (Å²) >= 11 is 3.35. The summed E-state index contributed by atoms with van der Waals surface area (Å²) in [6, 6.07) is 0. The number of nitrogens with zero attached hydrogens (tertiary/aromatic N) is 3. The van der Waals surface area contributed by atoms with E-state index in [4.69, 9.17) is 0 Å². The molecule has 0 spiro atoms. The van der Waals surface area contributed by atoms with Gasteiger partial charge >= 0.3 is 0 Å². The van der Waals surface area contributed by atoms with E-state index in [0.29, 0.717) is 0 Å². The maximum Gasteiger partial charge on any atom is 0.0932 e. The molecule has 0 saturated heterocycles. The van der Waals surface area contributed by atoms with Gasteiger partial charge in [-0.1, -0.05) is 40.8 Å². The summed E-state index contributed by atoms with van der Waals surface area (Å²) in [5, 5.41) is 8.84. The van der Waals surface area contributed by atoms with E-state index in [0.717, 1.165) is 17.2 Å². The minimum Gasteiger partial charge on any atom is -0.255 e. The van der Waals surface area contributed by atoms with Crippen molar-refractivity contribution < 1.29 is 0 Å². The highest BCUT2D eigenvalue weighted by Crippen LogP contribution is 2.05. The number of rotatable bonds is 3. The molecule has 0 unspecified atom stereocenters. The van der Waals surface area contributed by atoms with Crippen LogP contribution in [0.2, 0.25) is 19.6 Å². The lowest BCUT2D eigenvalue weighted by atomic mass is 10.6. The summed E-state index contributed by atoms with van der Waals surface area (Å²) in [5.41, 5.74) is 1.01. The quantitative estimate of drug-likeness (QED) is 0.605. The summed E-state index contributed by atoms with van der Waals surface area (Å²) in [7, 11) is -1.05. The standard InChI is InChI=1S/C7H14BrN3Si/c1-12(2,3)6-11-5-7(4-8)9-10-11/h5H,4,6H2,1-3H3. The van der Waals surface area contributed by atoms with Crippen LogP contribution in [0.1, 0.15) is 5.69 Å². The first-order valence-corrected chi connectivity index (χ1v) is 8.79. The highest BCUT2D eigenvalue weighted by atomic mass is 79.9. The number of aromatic nitrogens is 3. The van der Waals surface area contributed by atoms with Crippen LogP contribution in [0, 0.1) is 0 Å². The first-order chi connectivity index (χ1) is 5.51. The van der Waals surface area contributed by atoms with Crippen molar-refractivity contribution in [1.82, 2.24) is 15.0 Å². The van der Waals surface area contributed by atoms with Gasteiger partial charge < -0.3 is 0 Å². The van der Waals surface area contributed by atoms with Crippen LogP contribution in [0.3, 0.4) is 0 Å². The molecule has 0 aromatic carbocycles. The van der Waals surface area contributed by atoms with Crippen LogP contribution in [0.4, 0.5) is 0 Å². The Hall–Kier alpha value is -0.163. The van der Waals surface area contributed by atoms with Gasteiger partial charge in [-0.3, -0.25) is 4.68 Å². The molecule has 0 amide bonds. The SMILES string of the molecule is C[Si](C)(C)Cn1cc(CBr)nn1. The molecule has 68 valence electrons. The average molecular weight is 248 g/mol. The van der Waals surface area contributed by atoms with Crippen molar-refractivity contribution in [2.45, 2.75) is 31.1 Å². The maximum absolute atomic E-state index is 4.04. The van der Waals surface area contributed by atoms with Gasteiger partial charge in [0.1, 0.15) is 0 Å². The van der Waals surface area contributed by atoms with Gasteiger partial charge in [0, 0.05) is 17.7 Å². The zero-order chi connectivity index (χ0) is 9.19. The fraction of sp³-hybridized carbons (Fsp3) is 0.714. The number of hydrogen-bond acceptors (Lipinski definition) is 2. The van der Waals surface area contributed by atoms with Crippen molar-refractivity contribution in [3.8, 4) is 0 Å². The minimum absolute atomic E-state index is 0.790. The first-order valence-electron chi connectivity index (χ1n) is 3.96. The fourth-order valence-electron chi connectivity index (χ4n) is 0.963. The largest absolute Gasteiger partial charge is 0.255 e. The van der Waals surface area contributed by atoms with E-state index in [1.54, 1.807) is 0 Å². The molecule has 0 atom stereocenters. The minimum atomic E-state index is -1.05. The topological polar surface area (TPSA) is 30.7 Å². The lowest BCUT2D eigenvalue weighted by Gasteiger charge is -2.14. The molecule has 0 saturated carbocycles. The Balaban J connectivity index is 2.64. The Labute approximate surface area is 82.3 Å². The zero-order valence-corrected chi connectivity index (χ0v) is 10.3. The lowest BCUT2D eigenvalue weighted by molar-refractivity contribution is 0.680. The summed E-state index contributed by atoms with van der Waals surface area (Å²) in [6.45, 7) is 6.97.